The number of nitrogens with two attached hydrogens (primary N) is 1. The second kappa shape index (κ2) is 3.49. The Balaban J connectivity index is 3.72. The van der Waals surface area contributed by atoms with Gasteiger partial charge >= 0.3 is 5.69 Å². The second-order valence-electron chi connectivity index (χ2n) is 3.05. The molecule has 0 unspecified atom stereocenters. The van der Waals surface area contributed by atoms with Gasteiger partial charge in [0, 0.05) is 12.7 Å². The topological polar surface area (TPSA) is 86.4 Å². The van der Waals surface area contributed by atoms with Crippen LogP contribution in [0.1, 0.15) is 11.4 Å². The summed E-state index contributed by atoms with van der Waals surface area (Å²) < 4.78 is 1.73. The molecule has 6 nitrogen and oxygen atoms in total. The van der Waals surface area contributed by atoms with Crippen LogP contribution in [-0.4, -0.2) is 9.49 Å². The summed E-state index contributed by atoms with van der Waals surface area (Å²) in [5.41, 5.74) is 1.37. The molecule has 0 aliphatic rings. The molecule has 0 atom stereocenters. The van der Waals surface area contributed by atoms with E-state index in [1.54, 1.807) is 24.6 Å². The van der Waals surface area contributed by atoms with E-state index < -0.39 is 4.92 Å². The minimum absolute atomic E-state index is 0.0411. The van der Waals surface area contributed by atoms with Crippen LogP contribution in [0.25, 0.3) is 0 Å². The van der Waals surface area contributed by atoms with E-state index in [-0.39, 0.29) is 11.0 Å². The fourth-order valence-electron chi connectivity index (χ4n) is 1.30. The summed E-state index contributed by atoms with van der Waals surface area (Å²) in [6, 6.07) is 1.59. The Labute approximate surface area is 80.8 Å². The van der Waals surface area contributed by atoms with Crippen molar-refractivity contribution in [1.82, 2.24) is 4.57 Å². The molecule has 0 saturated heterocycles. The zero-order valence-corrected chi connectivity index (χ0v) is 8.31. The lowest BCUT2D eigenvalue weighted by Gasteiger charge is -2.08. The first-order valence-electron chi connectivity index (χ1n) is 4.04. The summed E-state index contributed by atoms with van der Waals surface area (Å²) in [6.45, 7) is 3.51. The quantitative estimate of drug-likeness (QED) is 0.398. The summed E-state index contributed by atoms with van der Waals surface area (Å²) in [5, 5.41) is 14.4. The summed E-state index contributed by atoms with van der Waals surface area (Å²) in [4.78, 5) is 10.3. The van der Waals surface area contributed by atoms with E-state index in [1.807, 2.05) is 6.92 Å². The zero-order valence-electron chi connectivity index (χ0n) is 8.31. The molecule has 14 heavy (non-hydrogen) atoms. The van der Waals surface area contributed by atoms with Crippen molar-refractivity contribution in [1.29, 1.82) is 0 Å². The van der Waals surface area contributed by atoms with Crippen LogP contribution < -0.4 is 11.2 Å². The summed E-state index contributed by atoms with van der Waals surface area (Å²) in [7, 11) is 1.76. The van der Waals surface area contributed by atoms with Crippen molar-refractivity contribution in [3.8, 4) is 0 Å². The minimum Gasteiger partial charge on any atom is -0.346 e. The molecular formula is C8H12N4O2. The highest BCUT2D eigenvalue weighted by atomic mass is 16.6. The fourth-order valence-corrected chi connectivity index (χ4v) is 1.30. The molecule has 76 valence electrons. The highest BCUT2D eigenvalue weighted by Crippen LogP contribution is 2.12. The van der Waals surface area contributed by atoms with E-state index in [0.717, 1.165) is 5.69 Å². The van der Waals surface area contributed by atoms with Crippen molar-refractivity contribution in [3.63, 3.8) is 0 Å². The Bertz CT molecular complexity index is 447. The third kappa shape index (κ3) is 1.46. The summed E-state index contributed by atoms with van der Waals surface area (Å²) in [5.74, 6) is 5.09. The van der Waals surface area contributed by atoms with Gasteiger partial charge in [0.2, 0.25) is 0 Å². The Morgan fingerprint density at radius 2 is 2.14 bits per heavy atom. The Hall–Kier alpha value is -1.85. The molecule has 1 rings (SSSR count). The van der Waals surface area contributed by atoms with Gasteiger partial charge in [0.1, 0.15) is 0 Å². The van der Waals surface area contributed by atoms with Gasteiger partial charge in [-0.2, -0.15) is 5.10 Å². The van der Waals surface area contributed by atoms with Crippen molar-refractivity contribution in [2.75, 3.05) is 0 Å². The van der Waals surface area contributed by atoms with E-state index in [4.69, 9.17) is 5.84 Å². The third-order valence-electron chi connectivity index (χ3n) is 2.28. The molecule has 0 saturated carbocycles. The first-order chi connectivity index (χ1) is 6.49. The van der Waals surface area contributed by atoms with Gasteiger partial charge in [0.25, 0.3) is 0 Å². The Morgan fingerprint density at radius 3 is 2.57 bits per heavy atom. The normalized spacial score (nSPS) is 11.8. The predicted molar refractivity (Wildman–Crippen MR) is 51.3 cm³/mol. The number of aromatic nitrogens is 1. The molecule has 0 aliphatic carbocycles. The van der Waals surface area contributed by atoms with E-state index in [0.29, 0.717) is 5.69 Å². The van der Waals surface area contributed by atoms with Crippen molar-refractivity contribution in [2.45, 2.75) is 13.8 Å². The number of pyridine rings is 1. The van der Waals surface area contributed by atoms with E-state index in [9.17, 15) is 10.1 Å². The molecule has 1 aromatic rings. The lowest BCUT2D eigenvalue weighted by Crippen LogP contribution is -2.18. The molecule has 0 aliphatic heterocycles. The first-order valence-corrected chi connectivity index (χ1v) is 4.04. The van der Waals surface area contributed by atoms with Gasteiger partial charge < -0.3 is 10.4 Å². The van der Waals surface area contributed by atoms with Crippen molar-refractivity contribution in [3.05, 3.63) is 32.9 Å². The zero-order chi connectivity index (χ0) is 10.9. The van der Waals surface area contributed by atoms with E-state index >= 15 is 0 Å². The number of hydrogen-bond donors (Lipinski definition) is 1. The number of hydrogen-bond acceptors (Lipinski definition) is 4. The van der Waals surface area contributed by atoms with Gasteiger partial charge in [-0.1, -0.05) is 0 Å². The maximum absolute atomic E-state index is 10.7. The van der Waals surface area contributed by atoms with Crippen molar-refractivity contribution < 1.29 is 4.92 Å². The highest BCUT2D eigenvalue weighted by Gasteiger charge is 2.16. The van der Waals surface area contributed by atoms with Crippen molar-refractivity contribution in [2.24, 2.45) is 18.0 Å². The average Bonchev–Trinajstić information content (AvgIpc) is 2.12. The monoisotopic (exact) mass is 196 g/mol. The largest absolute Gasteiger partial charge is 0.346 e. The number of rotatable bonds is 1. The number of nitrogens with zero attached hydrogens (tertiary/aromatic N) is 3. The number of nitro groups is 1. The van der Waals surface area contributed by atoms with E-state index in [1.165, 1.54) is 0 Å². The van der Waals surface area contributed by atoms with Crippen LogP contribution in [0.3, 0.4) is 0 Å². The van der Waals surface area contributed by atoms with Crippen LogP contribution in [0.5, 0.6) is 0 Å². The average molecular weight is 196 g/mol. The van der Waals surface area contributed by atoms with Crippen LogP contribution >= 0.6 is 0 Å². The molecule has 6 heteroatoms. The molecular weight excluding hydrogens is 184 g/mol. The van der Waals surface area contributed by atoms with Crippen LogP contribution in [0.2, 0.25) is 0 Å². The lowest BCUT2D eigenvalue weighted by atomic mass is 10.2. The van der Waals surface area contributed by atoms with Gasteiger partial charge in [-0.15, -0.1) is 0 Å². The molecule has 0 aromatic carbocycles. The standard InChI is InChI=1S/C8H12N4O2/c1-5-4-7(10-9)8(12(13)14)6(2)11(5)3/h4H,9H2,1-3H3. The first kappa shape index (κ1) is 10.2. The molecule has 1 heterocycles. The van der Waals surface area contributed by atoms with Gasteiger partial charge in [-0.05, 0) is 19.9 Å². The Morgan fingerprint density at radius 1 is 1.57 bits per heavy atom. The second-order valence-corrected chi connectivity index (χ2v) is 3.05. The molecule has 1 aromatic heterocycles. The predicted octanol–water partition coefficient (Wildman–Crippen LogP) is 0.325. The summed E-state index contributed by atoms with van der Waals surface area (Å²) in [6.07, 6.45) is 0. The van der Waals surface area contributed by atoms with Gasteiger partial charge in [-0.3, -0.25) is 10.1 Å². The van der Waals surface area contributed by atoms with Crippen LogP contribution in [0.4, 0.5) is 5.69 Å². The fraction of sp³-hybridized carbons (Fsp3) is 0.375. The molecule has 0 spiro atoms. The highest BCUT2D eigenvalue weighted by molar-refractivity contribution is 5.35. The van der Waals surface area contributed by atoms with Crippen LogP contribution in [-0.2, 0) is 7.05 Å². The lowest BCUT2D eigenvalue weighted by molar-refractivity contribution is -0.387. The molecule has 0 amide bonds. The SMILES string of the molecule is Cc1cc(=NN)c([N+](=O)[O-])c(C)n1C. The van der Waals surface area contributed by atoms with Crippen LogP contribution in [0, 0.1) is 24.0 Å². The maximum atomic E-state index is 10.7. The van der Waals surface area contributed by atoms with Crippen LogP contribution in [0.15, 0.2) is 11.2 Å². The van der Waals surface area contributed by atoms with Gasteiger partial charge in [-0.25, -0.2) is 0 Å². The number of aryl methyl sites for hydroxylation is 1. The third-order valence-corrected chi connectivity index (χ3v) is 2.28. The molecule has 0 bridgehead atoms. The smallest absolute Gasteiger partial charge is 0.315 e. The Kier molecular flexibility index (Phi) is 2.55. The van der Waals surface area contributed by atoms with E-state index in [2.05, 4.69) is 5.10 Å². The van der Waals surface area contributed by atoms with Crippen molar-refractivity contribution >= 4 is 5.69 Å². The van der Waals surface area contributed by atoms with Gasteiger partial charge in [0.05, 0.1) is 10.6 Å². The summed E-state index contributed by atoms with van der Waals surface area (Å²) >= 11 is 0. The van der Waals surface area contributed by atoms with Gasteiger partial charge in [0.15, 0.2) is 5.36 Å². The molecule has 2 N–H and O–H groups in total. The maximum Gasteiger partial charge on any atom is 0.315 e. The minimum atomic E-state index is -0.472. The molecule has 0 radical (unpaired) electrons. The molecule has 0 fully saturated rings.